The molecule has 0 aromatic rings. The second-order valence-electron chi connectivity index (χ2n) is 2.48. The van der Waals surface area contributed by atoms with Gasteiger partial charge in [-0.25, -0.2) is 0 Å². The fourth-order valence-electron chi connectivity index (χ4n) is 1.26. The Kier molecular flexibility index (Phi) is 3.47. The van der Waals surface area contributed by atoms with Crippen LogP contribution in [0.3, 0.4) is 0 Å². The molecule has 1 saturated carbocycles. The van der Waals surface area contributed by atoms with E-state index in [-0.39, 0.29) is 0 Å². The van der Waals surface area contributed by atoms with Crippen molar-refractivity contribution in [2.75, 3.05) is 0 Å². The first-order chi connectivity index (χ1) is 4.43. The van der Waals surface area contributed by atoms with Crippen LogP contribution in [-0.2, 0) is 0 Å². The van der Waals surface area contributed by atoms with E-state index in [0.29, 0.717) is 6.04 Å². The summed E-state index contributed by atoms with van der Waals surface area (Å²) in [7, 11) is 0. The molecule has 1 rings (SSSR count). The van der Waals surface area contributed by atoms with Gasteiger partial charge in [0.1, 0.15) is 22.9 Å². The van der Waals surface area contributed by atoms with Crippen LogP contribution >= 0.6 is 22.9 Å². The monoisotopic (exact) mass is 238 g/mol. The van der Waals surface area contributed by atoms with Gasteiger partial charge in [-0.2, -0.15) is 5.11 Å². The van der Waals surface area contributed by atoms with Gasteiger partial charge in [0, 0.05) is 0 Å². The van der Waals surface area contributed by atoms with Crippen molar-refractivity contribution in [1.29, 1.82) is 0 Å². The summed E-state index contributed by atoms with van der Waals surface area (Å²) in [5, 5.41) is 4.10. The van der Waals surface area contributed by atoms with Crippen molar-refractivity contribution < 1.29 is 0 Å². The average molecular weight is 238 g/mol. The van der Waals surface area contributed by atoms with Crippen LogP contribution in [0.15, 0.2) is 8.44 Å². The van der Waals surface area contributed by atoms with Gasteiger partial charge < -0.3 is 0 Å². The molecule has 0 amide bonds. The second-order valence-corrected chi connectivity index (χ2v) is 2.91. The highest BCUT2D eigenvalue weighted by molar-refractivity contribution is 14.1. The van der Waals surface area contributed by atoms with Gasteiger partial charge in [-0.05, 0) is 12.8 Å². The Morgan fingerprint density at radius 2 is 1.78 bits per heavy atom. The third-order valence-corrected chi connectivity index (χ3v) is 2.03. The molecule has 52 valence electrons. The Labute approximate surface area is 69.6 Å². The van der Waals surface area contributed by atoms with E-state index in [4.69, 9.17) is 0 Å². The van der Waals surface area contributed by atoms with Gasteiger partial charge in [0.05, 0.1) is 6.04 Å². The lowest BCUT2D eigenvalue weighted by Gasteiger charge is -2.15. The molecule has 1 fully saturated rings. The van der Waals surface area contributed by atoms with Gasteiger partial charge in [-0.15, -0.1) is 3.33 Å². The zero-order valence-corrected chi connectivity index (χ0v) is 7.54. The van der Waals surface area contributed by atoms with Crippen LogP contribution in [0.25, 0.3) is 0 Å². The molecule has 0 unspecified atom stereocenters. The minimum atomic E-state index is 0.552. The number of halogens is 1. The van der Waals surface area contributed by atoms with E-state index < -0.39 is 0 Å². The summed E-state index contributed by atoms with van der Waals surface area (Å²) in [4.78, 5) is 0. The summed E-state index contributed by atoms with van der Waals surface area (Å²) in [6.45, 7) is 0. The minimum Gasteiger partial charge on any atom is -0.180 e. The molecule has 3 heteroatoms. The highest BCUT2D eigenvalue weighted by Crippen LogP contribution is 2.20. The topological polar surface area (TPSA) is 24.7 Å². The van der Waals surface area contributed by atoms with E-state index in [9.17, 15) is 0 Å². The molecule has 0 spiro atoms. The summed E-state index contributed by atoms with van der Waals surface area (Å²) in [5.41, 5.74) is 0. The van der Waals surface area contributed by atoms with E-state index in [1.165, 1.54) is 32.1 Å². The molecule has 0 radical (unpaired) electrons. The van der Waals surface area contributed by atoms with Crippen LogP contribution in [0, 0.1) is 0 Å². The summed E-state index contributed by atoms with van der Waals surface area (Å²) in [6.07, 6.45) is 6.60. The molecule has 0 heterocycles. The largest absolute Gasteiger partial charge is 0.180 e. The van der Waals surface area contributed by atoms with Crippen LogP contribution in [-0.4, -0.2) is 6.04 Å². The molecule has 0 aliphatic heterocycles. The zero-order chi connectivity index (χ0) is 6.53. The zero-order valence-electron chi connectivity index (χ0n) is 5.39. The Morgan fingerprint density at radius 1 is 1.11 bits per heavy atom. The molecular formula is C6H11IN2. The van der Waals surface area contributed by atoms with E-state index in [0.717, 1.165) is 0 Å². The van der Waals surface area contributed by atoms with Crippen LogP contribution in [0.4, 0.5) is 0 Å². The smallest absolute Gasteiger partial charge is 0.111 e. The van der Waals surface area contributed by atoms with Crippen molar-refractivity contribution in [2.45, 2.75) is 38.1 Å². The maximum atomic E-state index is 4.10. The van der Waals surface area contributed by atoms with Crippen molar-refractivity contribution in [3.8, 4) is 0 Å². The highest BCUT2D eigenvalue weighted by Gasteiger charge is 2.10. The molecular weight excluding hydrogens is 227 g/mol. The molecule has 2 nitrogen and oxygen atoms in total. The van der Waals surface area contributed by atoms with Crippen LogP contribution in [0.5, 0.6) is 0 Å². The molecule has 0 aromatic carbocycles. The van der Waals surface area contributed by atoms with Crippen molar-refractivity contribution in [1.82, 2.24) is 0 Å². The normalized spacial score (nSPS) is 23.2. The van der Waals surface area contributed by atoms with Crippen molar-refractivity contribution in [2.24, 2.45) is 8.44 Å². The first kappa shape index (κ1) is 7.44. The molecule has 0 atom stereocenters. The van der Waals surface area contributed by atoms with Crippen molar-refractivity contribution >= 4 is 22.9 Å². The third-order valence-electron chi connectivity index (χ3n) is 1.78. The number of nitrogens with zero attached hydrogens (tertiary/aromatic N) is 2. The molecule has 0 saturated heterocycles. The Balaban J connectivity index is 2.23. The maximum absolute atomic E-state index is 4.10. The fraction of sp³-hybridized carbons (Fsp3) is 1.00. The first-order valence-electron chi connectivity index (χ1n) is 3.44. The van der Waals surface area contributed by atoms with Gasteiger partial charge >= 0.3 is 0 Å². The van der Waals surface area contributed by atoms with Gasteiger partial charge in [0.2, 0.25) is 0 Å². The minimum absolute atomic E-state index is 0.552. The fourth-order valence-corrected chi connectivity index (χ4v) is 1.61. The maximum Gasteiger partial charge on any atom is 0.111 e. The second kappa shape index (κ2) is 4.19. The molecule has 0 N–H and O–H groups in total. The SMILES string of the molecule is I/N=N/C1CCCCC1. The Bertz CT molecular complexity index is 97.2. The lowest BCUT2D eigenvalue weighted by molar-refractivity contribution is 0.435. The predicted octanol–water partition coefficient (Wildman–Crippen LogP) is 3.12. The summed E-state index contributed by atoms with van der Waals surface area (Å²) < 4.78 is 3.75. The van der Waals surface area contributed by atoms with Gasteiger partial charge in [-0.1, -0.05) is 19.3 Å². The van der Waals surface area contributed by atoms with Crippen LogP contribution < -0.4 is 0 Å². The predicted molar refractivity (Wildman–Crippen MR) is 45.7 cm³/mol. The van der Waals surface area contributed by atoms with Gasteiger partial charge in [0.15, 0.2) is 0 Å². The summed E-state index contributed by atoms with van der Waals surface area (Å²) in [6, 6.07) is 0.552. The summed E-state index contributed by atoms with van der Waals surface area (Å²) in [5.74, 6) is 0. The Hall–Kier alpha value is 0.330. The number of rotatable bonds is 1. The van der Waals surface area contributed by atoms with Crippen LogP contribution in [0.1, 0.15) is 32.1 Å². The van der Waals surface area contributed by atoms with E-state index in [2.05, 4.69) is 8.44 Å². The Morgan fingerprint density at radius 3 is 2.33 bits per heavy atom. The van der Waals surface area contributed by atoms with Crippen molar-refractivity contribution in [3.05, 3.63) is 0 Å². The molecule has 0 aromatic heterocycles. The number of hydrogen-bond acceptors (Lipinski definition) is 2. The van der Waals surface area contributed by atoms with Crippen LogP contribution in [0.2, 0.25) is 0 Å². The molecule has 1 aliphatic carbocycles. The molecule has 1 aliphatic rings. The van der Waals surface area contributed by atoms with E-state index >= 15 is 0 Å². The summed E-state index contributed by atoms with van der Waals surface area (Å²) >= 11 is 1.95. The molecule has 0 bridgehead atoms. The standard InChI is InChI=1S/C6H11IN2/c7-9-8-6-4-2-1-3-5-6/h6H,1-5H2/b9-8+. The first-order valence-corrected chi connectivity index (χ1v) is 4.41. The lowest BCUT2D eigenvalue weighted by Crippen LogP contribution is -2.07. The van der Waals surface area contributed by atoms with E-state index in [1.807, 2.05) is 22.9 Å². The molecule has 9 heavy (non-hydrogen) atoms. The lowest BCUT2D eigenvalue weighted by atomic mass is 9.96. The van der Waals surface area contributed by atoms with Crippen molar-refractivity contribution in [3.63, 3.8) is 0 Å². The third kappa shape index (κ3) is 2.60. The number of hydrogen-bond donors (Lipinski definition) is 0. The van der Waals surface area contributed by atoms with E-state index in [1.54, 1.807) is 0 Å². The highest BCUT2D eigenvalue weighted by atomic mass is 127. The quantitative estimate of drug-likeness (QED) is 0.495. The van der Waals surface area contributed by atoms with Gasteiger partial charge in [0.25, 0.3) is 0 Å². The van der Waals surface area contributed by atoms with Gasteiger partial charge in [-0.3, -0.25) is 0 Å². The average Bonchev–Trinajstić information content (AvgIpc) is 1.91.